The first-order valence-corrected chi connectivity index (χ1v) is 10.3. The van der Waals surface area contributed by atoms with Gasteiger partial charge in [0.2, 0.25) is 6.10 Å². The summed E-state index contributed by atoms with van der Waals surface area (Å²) in [4.78, 5) is 21.9. The number of carbonyl (C=O) groups excluding carboxylic acids is 1. The second-order valence-electron chi connectivity index (χ2n) is 8.29. The first-order chi connectivity index (χ1) is 12.3. The van der Waals surface area contributed by atoms with Crippen molar-refractivity contribution in [3.05, 3.63) is 0 Å². The van der Waals surface area contributed by atoms with E-state index in [9.17, 15) is 9.59 Å². The quantitative estimate of drug-likeness (QED) is 0.459. The van der Waals surface area contributed by atoms with Crippen LogP contribution in [0.3, 0.4) is 0 Å². The smallest absolute Gasteiger partial charge is 0.347 e. The number of carbonyl (C=O) groups is 2. The van der Waals surface area contributed by atoms with Crippen LogP contribution in [0.4, 0.5) is 0 Å². The van der Waals surface area contributed by atoms with Gasteiger partial charge in [0.25, 0.3) is 0 Å². The molecular formula is C19H33NO5S. The van der Waals surface area contributed by atoms with Gasteiger partial charge >= 0.3 is 11.9 Å². The van der Waals surface area contributed by atoms with Crippen molar-refractivity contribution >= 4 is 24.6 Å². The van der Waals surface area contributed by atoms with Gasteiger partial charge in [-0.05, 0) is 63.2 Å². The van der Waals surface area contributed by atoms with E-state index in [1.165, 1.54) is 38.5 Å². The number of carboxylic acid groups (broad SMARTS) is 1. The van der Waals surface area contributed by atoms with Crippen LogP contribution in [-0.2, 0) is 19.1 Å². The number of ether oxygens (including phenoxy) is 2. The molecule has 4 fully saturated rings. The number of esters is 1. The van der Waals surface area contributed by atoms with Gasteiger partial charge in [-0.3, -0.25) is 4.79 Å². The average Bonchev–Trinajstić information content (AvgIpc) is 2.55. The van der Waals surface area contributed by atoms with Crippen LogP contribution >= 0.6 is 12.6 Å². The van der Waals surface area contributed by atoms with E-state index < -0.39 is 24.0 Å². The van der Waals surface area contributed by atoms with Gasteiger partial charge in [-0.25, -0.2) is 4.79 Å². The molecule has 4 saturated carbocycles. The maximum absolute atomic E-state index is 11.3. The Morgan fingerprint density at radius 3 is 2.04 bits per heavy atom. The SMILES string of the molecule is CCOCC(OC(=O)[C@H](C)CS)C(=O)O.NC12CC3CC(CC(C3)C1)C2. The minimum atomic E-state index is -1.24. The third-order valence-electron chi connectivity index (χ3n) is 5.77. The zero-order chi connectivity index (χ0) is 19.3. The fourth-order valence-corrected chi connectivity index (χ4v) is 5.04. The molecule has 150 valence electrons. The monoisotopic (exact) mass is 387 g/mol. The van der Waals surface area contributed by atoms with E-state index in [4.69, 9.17) is 20.3 Å². The van der Waals surface area contributed by atoms with Gasteiger partial charge in [-0.2, -0.15) is 12.6 Å². The third kappa shape index (κ3) is 5.86. The number of nitrogens with two attached hydrogens (primary N) is 1. The molecule has 26 heavy (non-hydrogen) atoms. The summed E-state index contributed by atoms with van der Waals surface area (Å²) in [6.07, 6.45) is 7.33. The highest BCUT2D eigenvalue weighted by molar-refractivity contribution is 7.80. The Kier molecular flexibility index (Phi) is 7.79. The molecule has 3 N–H and O–H groups in total. The molecule has 0 saturated heterocycles. The summed E-state index contributed by atoms with van der Waals surface area (Å²) in [5, 5.41) is 8.73. The fraction of sp³-hybridized carbons (Fsp3) is 0.895. The number of carboxylic acids is 1. The number of rotatable bonds is 7. The van der Waals surface area contributed by atoms with Crippen molar-refractivity contribution in [3.8, 4) is 0 Å². The molecular weight excluding hydrogens is 354 g/mol. The largest absolute Gasteiger partial charge is 0.478 e. The zero-order valence-electron chi connectivity index (χ0n) is 15.9. The van der Waals surface area contributed by atoms with Crippen LogP contribution in [0.25, 0.3) is 0 Å². The summed E-state index contributed by atoms with van der Waals surface area (Å²) in [6, 6.07) is 0. The first-order valence-electron chi connectivity index (χ1n) is 9.67. The summed E-state index contributed by atoms with van der Waals surface area (Å²) in [7, 11) is 0. The number of hydrogen-bond donors (Lipinski definition) is 3. The Morgan fingerprint density at radius 1 is 1.19 bits per heavy atom. The maximum Gasteiger partial charge on any atom is 0.347 e. The van der Waals surface area contributed by atoms with E-state index in [1.807, 2.05) is 0 Å². The molecule has 0 spiro atoms. The van der Waals surface area contributed by atoms with Gasteiger partial charge in [-0.1, -0.05) is 6.92 Å². The van der Waals surface area contributed by atoms with Gasteiger partial charge in [0, 0.05) is 17.9 Å². The van der Waals surface area contributed by atoms with E-state index in [-0.39, 0.29) is 6.61 Å². The molecule has 6 nitrogen and oxygen atoms in total. The highest BCUT2D eigenvalue weighted by Gasteiger charge is 2.48. The van der Waals surface area contributed by atoms with E-state index in [0.717, 1.165) is 17.8 Å². The Balaban J connectivity index is 0.000000193. The van der Waals surface area contributed by atoms with Crippen LogP contribution in [0.15, 0.2) is 0 Å². The minimum absolute atomic E-state index is 0.128. The minimum Gasteiger partial charge on any atom is -0.478 e. The van der Waals surface area contributed by atoms with Gasteiger partial charge in [0.05, 0.1) is 12.5 Å². The summed E-state index contributed by atoms with van der Waals surface area (Å²) >= 11 is 3.92. The van der Waals surface area contributed by atoms with Gasteiger partial charge in [0.1, 0.15) is 0 Å². The van der Waals surface area contributed by atoms with Crippen molar-refractivity contribution in [2.24, 2.45) is 29.4 Å². The normalized spacial score (nSPS) is 33.8. The first kappa shape index (κ1) is 21.5. The molecule has 4 rings (SSSR count). The van der Waals surface area contributed by atoms with Crippen molar-refractivity contribution in [1.82, 2.24) is 0 Å². The van der Waals surface area contributed by atoms with Crippen LogP contribution in [0.2, 0.25) is 0 Å². The molecule has 4 aliphatic rings. The molecule has 7 heteroatoms. The lowest BCUT2D eigenvalue weighted by molar-refractivity contribution is -0.170. The Hall–Kier alpha value is -0.790. The summed E-state index contributed by atoms with van der Waals surface area (Å²) < 4.78 is 9.65. The maximum atomic E-state index is 11.3. The number of aliphatic carboxylic acids is 1. The molecule has 0 aromatic carbocycles. The fourth-order valence-electron chi connectivity index (χ4n) is 4.89. The molecule has 0 radical (unpaired) electrons. The molecule has 1 unspecified atom stereocenters. The van der Waals surface area contributed by atoms with Crippen molar-refractivity contribution in [2.45, 2.75) is 64.0 Å². The molecule has 0 heterocycles. The van der Waals surface area contributed by atoms with E-state index >= 15 is 0 Å². The highest BCUT2D eigenvalue weighted by atomic mass is 32.1. The summed E-state index contributed by atoms with van der Waals surface area (Å²) in [6.45, 7) is 3.60. The van der Waals surface area contributed by atoms with Gasteiger partial charge in [-0.15, -0.1) is 0 Å². The Morgan fingerprint density at radius 2 is 1.69 bits per heavy atom. The lowest BCUT2D eigenvalue weighted by Gasteiger charge is -2.55. The van der Waals surface area contributed by atoms with E-state index in [1.54, 1.807) is 13.8 Å². The number of thiol groups is 1. The van der Waals surface area contributed by atoms with Crippen LogP contribution in [0.5, 0.6) is 0 Å². The lowest BCUT2D eigenvalue weighted by Crippen LogP contribution is -2.55. The molecule has 4 aliphatic carbocycles. The van der Waals surface area contributed by atoms with E-state index in [0.29, 0.717) is 17.9 Å². The van der Waals surface area contributed by atoms with Crippen molar-refractivity contribution in [2.75, 3.05) is 19.0 Å². The van der Waals surface area contributed by atoms with Gasteiger partial charge in [0.15, 0.2) is 0 Å². The highest BCUT2D eigenvalue weighted by Crippen LogP contribution is 2.54. The standard InChI is InChI=1S/C10H17N.C9H16O5S/c11-10-4-7-1-8(5-10)3-9(2-7)6-10;1-3-13-4-7(8(10)11)14-9(12)6(2)5-15/h7-9H,1-6,11H2;6-7,15H,3-5H2,1-2H3,(H,10,11)/t;6-,7?/m.1/s1. The average molecular weight is 388 g/mol. The predicted octanol–water partition coefficient (Wildman–Crippen LogP) is 2.50. The molecule has 0 amide bonds. The van der Waals surface area contributed by atoms with Crippen molar-refractivity contribution < 1.29 is 24.2 Å². The Labute approximate surface area is 161 Å². The second-order valence-corrected chi connectivity index (χ2v) is 8.65. The van der Waals surface area contributed by atoms with Crippen LogP contribution in [0.1, 0.15) is 52.4 Å². The molecule has 2 atom stereocenters. The number of hydrogen-bond acceptors (Lipinski definition) is 6. The van der Waals surface area contributed by atoms with Crippen molar-refractivity contribution in [1.29, 1.82) is 0 Å². The van der Waals surface area contributed by atoms with Gasteiger partial charge < -0.3 is 20.3 Å². The van der Waals surface area contributed by atoms with Crippen LogP contribution < -0.4 is 5.73 Å². The molecule has 4 bridgehead atoms. The topological polar surface area (TPSA) is 98.8 Å². The lowest BCUT2D eigenvalue weighted by atomic mass is 9.53. The molecule has 0 aromatic rings. The Bertz CT molecular complexity index is 463. The summed E-state index contributed by atoms with van der Waals surface area (Å²) in [5.74, 6) is 1.18. The summed E-state index contributed by atoms with van der Waals surface area (Å²) in [5.41, 5.74) is 6.62. The van der Waals surface area contributed by atoms with Crippen LogP contribution in [0, 0.1) is 23.7 Å². The molecule has 0 aromatic heterocycles. The van der Waals surface area contributed by atoms with Crippen molar-refractivity contribution in [3.63, 3.8) is 0 Å². The zero-order valence-corrected chi connectivity index (χ0v) is 16.7. The second kappa shape index (κ2) is 9.42. The molecule has 0 aliphatic heterocycles. The predicted molar refractivity (Wildman–Crippen MR) is 102 cm³/mol. The van der Waals surface area contributed by atoms with E-state index in [2.05, 4.69) is 12.6 Å². The third-order valence-corrected chi connectivity index (χ3v) is 6.32. The van der Waals surface area contributed by atoms with Crippen LogP contribution in [-0.4, -0.2) is 47.7 Å².